The first-order valence-corrected chi connectivity index (χ1v) is 6.20. The van der Waals surface area contributed by atoms with Gasteiger partial charge in [-0.25, -0.2) is 5.10 Å². The molecule has 1 aromatic heterocycles. The van der Waals surface area contributed by atoms with Crippen molar-refractivity contribution in [2.24, 2.45) is 5.10 Å². The molecule has 0 radical (unpaired) electrons. The molecule has 0 saturated heterocycles. The van der Waals surface area contributed by atoms with Crippen LogP contribution in [-0.4, -0.2) is 21.0 Å². The van der Waals surface area contributed by atoms with Crippen LogP contribution in [0.4, 0.5) is 5.69 Å². The summed E-state index contributed by atoms with van der Waals surface area (Å²) in [5, 5.41) is 19.7. The van der Waals surface area contributed by atoms with Crippen molar-refractivity contribution < 1.29 is 5.11 Å². The number of hydrazone groups is 1. The molecule has 0 aliphatic carbocycles. The van der Waals surface area contributed by atoms with Gasteiger partial charge < -0.3 is 5.11 Å². The second-order valence-electron chi connectivity index (χ2n) is 4.26. The van der Waals surface area contributed by atoms with Crippen molar-refractivity contribution in [1.82, 2.24) is 10.2 Å². The van der Waals surface area contributed by atoms with Gasteiger partial charge >= 0.3 is 0 Å². The number of nitrogens with one attached hydrogen (secondary N) is 2. The number of phenols is 1. The highest BCUT2D eigenvalue weighted by Gasteiger charge is 2.07. The lowest BCUT2D eigenvalue weighted by atomic mass is 10.1. The van der Waals surface area contributed by atoms with Gasteiger partial charge in [0.2, 0.25) is 0 Å². The molecule has 0 saturated carbocycles. The van der Waals surface area contributed by atoms with Crippen LogP contribution < -0.4 is 11.0 Å². The zero-order chi connectivity index (χ0) is 14.7. The Kier molecular flexibility index (Phi) is 4.05. The number of benzene rings is 1. The Morgan fingerprint density at radius 2 is 2.25 bits per heavy atom. The summed E-state index contributed by atoms with van der Waals surface area (Å²) in [7, 11) is 0. The first-order valence-electron chi connectivity index (χ1n) is 5.82. The van der Waals surface area contributed by atoms with Gasteiger partial charge in [0.1, 0.15) is 16.5 Å². The number of hydrogen-bond acceptors (Lipinski definition) is 5. The molecule has 0 amide bonds. The summed E-state index contributed by atoms with van der Waals surface area (Å²) in [6.45, 7) is 3.65. The van der Waals surface area contributed by atoms with Gasteiger partial charge in [0.15, 0.2) is 0 Å². The van der Waals surface area contributed by atoms with Crippen LogP contribution in [0.3, 0.4) is 0 Å². The van der Waals surface area contributed by atoms with Gasteiger partial charge in [-0.1, -0.05) is 23.2 Å². The third kappa shape index (κ3) is 2.97. The average molecular weight is 293 g/mol. The third-order valence-corrected chi connectivity index (χ3v) is 3.06. The van der Waals surface area contributed by atoms with E-state index in [2.05, 4.69) is 20.7 Å². The fourth-order valence-corrected chi connectivity index (χ4v) is 1.74. The van der Waals surface area contributed by atoms with E-state index in [-0.39, 0.29) is 10.8 Å². The number of H-pyrrole nitrogens is 1. The van der Waals surface area contributed by atoms with Crippen LogP contribution in [-0.2, 0) is 0 Å². The SMILES string of the molecule is C/C(=N\Nc1cn[nH]c(=O)c1Cl)c1cc(C)ccc1O. The standard InChI is InChI=1S/C13H13ClN4O2/c1-7-3-4-11(19)9(5-7)8(2)16-17-10-6-15-18-13(20)12(10)14/h3-6,19H,1-2H3,(H2,17,18,20)/b16-8+. The number of aromatic nitrogens is 2. The van der Waals surface area contributed by atoms with E-state index in [1.54, 1.807) is 19.1 Å². The lowest BCUT2D eigenvalue weighted by Crippen LogP contribution is -2.10. The molecule has 0 spiro atoms. The van der Waals surface area contributed by atoms with Gasteiger partial charge in [-0.2, -0.15) is 10.2 Å². The van der Waals surface area contributed by atoms with Crippen molar-refractivity contribution in [2.45, 2.75) is 13.8 Å². The molecule has 1 aromatic carbocycles. The van der Waals surface area contributed by atoms with E-state index < -0.39 is 5.56 Å². The second-order valence-corrected chi connectivity index (χ2v) is 4.63. The minimum Gasteiger partial charge on any atom is -0.507 e. The van der Waals surface area contributed by atoms with Crippen LogP contribution in [0.15, 0.2) is 34.3 Å². The first kappa shape index (κ1) is 14.1. The summed E-state index contributed by atoms with van der Waals surface area (Å²) in [6.07, 6.45) is 1.36. The highest BCUT2D eigenvalue weighted by Crippen LogP contribution is 2.20. The van der Waals surface area contributed by atoms with Gasteiger partial charge in [-0.05, 0) is 26.0 Å². The molecule has 1 heterocycles. The Morgan fingerprint density at radius 3 is 3.00 bits per heavy atom. The topological polar surface area (TPSA) is 90.4 Å². The molecule has 7 heteroatoms. The first-order chi connectivity index (χ1) is 9.49. The fraction of sp³-hybridized carbons (Fsp3) is 0.154. The van der Waals surface area contributed by atoms with Gasteiger partial charge in [0, 0.05) is 5.56 Å². The Bertz CT molecular complexity index is 725. The van der Waals surface area contributed by atoms with Crippen molar-refractivity contribution in [3.05, 3.63) is 50.9 Å². The third-order valence-electron chi connectivity index (χ3n) is 2.68. The summed E-state index contributed by atoms with van der Waals surface area (Å²) in [5.41, 5.74) is 4.62. The molecule has 0 fully saturated rings. The summed E-state index contributed by atoms with van der Waals surface area (Å²) in [5.74, 6) is 0.133. The minimum absolute atomic E-state index is 0.0231. The highest BCUT2D eigenvalue weighted by atomic mass is 35.5. The second kappa shape index (κ2) is 5.75. The van der Waals surface area contributed by atoms with E-state index in [0.717, 1.165) is 5.56 Å². The number of aromatic amines is 1. The molecule has 0 unspecified atom stereocenters. The minimum atomic E-state index is -0.497. The van der Waals surface area contributed by atoms with Gasteiger partial charge in [-0.3, -0.25) is 10.2 Å². The summed E-state index contributed by atoms with van der Waals surface area (Å²) < 4.78 is 0. The number of aromatic hydroxyl groups is 1. The highest BCUT2D eigenvalue weighted by molar-refractivity contribution is 6.32. The molecule has 0 aliphatic rings. The largest absolute Gasteiger partial charge is 0.507 e. The van der Waals surface area contributed by atoms with Crippen molar-refractivity contribution in [3.63, 3.8) is 0 Å². The normalized spacial score (nSPS) is 11.4. The van der Waals surface area contributed by atoms with Gasteiger partial charge in [0.05, 0.1) is 11.9 Å². The Balaban J connectivity index is 2.29. The van der Waals surface area contributed by atoms with Gasteiger partial charge in [0.25, 0.3) is 5.56 Å². The molecule has 2 aromatic rings. The molecular weight excluding hydrogens is 280 g/mol. The van der Waals surface area contributed by atoms with Crippen LogP contribution in [0, 0.1) is 6.92 Å². The number of halogens is 1. The maximum Gasteiger partial charge on any atom is 0.285 e. The zero-order valence-corrected chi connectivity index (χ0v) is 11.7. The number of hydrogen-bond donors (Lipinski definition) is 3. The molecule has 20 heavy (non-hydrogen) atoms. The Morgan fingerprint density at radius 1 is 1.50 bits per heavy atom. The van der Waals surface area contributed by atoms with Crippen LogP contribution in [0.25, 0.3) is 0 Å². The molecule has 0 bridgehead atoms. The predicted octanol–water partition coefficient (Wildman–Crippen LogP) is 2.27. The average Bonchev–Trinajstić information content (AvgIpc) is 2.43. The summed E-state index contributed by atoms with van der Waals surface area (Å²) >= 11 is 5.81. The van der Waals surface area contributed by atoms with Crippen molar-refractivity contribution in [1.29, 1.82) is 0 Å². The quantitative estimate of drug-likeness (QED) is 0.598. The molecule has 104 valence electrons. The van der Waals surface area contributed by atoms with Crippen LogP contribution in [0.1, 0.15) is 18.1 Å². The van der Waals surface area contributed by atoms with Crippen molar-refractivity contribution >= 4 is 23.0 Å². The smallest absolute Gasteiger partial charge is 0.285 e. The van der Waals surface area contributed by atoms with E-state index in [0.29, 0.717) is 17.0 Å². The zero-order valence-electron chi connectivity index (χ0n) is 10.9. The van der Waals surface area contributed by atoms with Crippen LogP contribution in [0.5, 0.6) is 5.75 Å². The monoisotopic (exact) mass is 292 g/mol. The van der Waals surface area contributed by atoms with Gasteiger partial charge in [-0.15, -0.1) is 0 Å². The number of phenolic OH excluding ortho intramolecular Hbond substituents is 1. The Labute approximate surface area is 120 Å². The lowest BCUT2D eigenvalue weighted by Gasteiger charge is -2.07. The number of anilines is 1. The van der Waals surface area contributed by atoms with E-state index in [4.69, 9.17) is 11.6 Å². The number of nitrogens with zero attached hydrogens (tertiary/aromatic N) is 2. The molecule has 0 atom stereocenters. The van der Waals surface area contributed by atoms with Crippen LogP contribution in [0.2, 0.25) is 5.02 Å². The molecular formula is C13H13ClN4O2. The number of rotatable bonds is 3. The van der Waals surface area contributed by atoms with E-state index in [1.165, 1.54) is 6.20 Å². The fourth-order valence-electron chi connectivity index (χ4n) is 1.61. The van der Waals surface area contributed by atoms with E-state index in [9.17, 15) is 9.90 Å². The molecule has 0 aliphatic heterocycles. The summed E-state index contributed by atoms with van der Waals surface area (Å²) in [6, 6.07) is 5.22. The van der Waals surface area contributed by atoms with E-state index >= 15 is 0 Å². The predicted molar refractivity (Wildman–Crippen MR) is 78.5 cm³/mol. The van der Waals surface area contributed by atoms with Crippen molar-refractivity contribution in [3.8, 4) is 5.75 Å². The Hall–Kier alpha value is -2.34. The van der Waals surface area contributed by atoms with Crippen molar-refractivity contribution in [2.75, 3.05) is 5.43 Å². The maximum absolute atomic E-state index is 11.3. The van der Waals surface area contributed by atoms with Crippen LogP contribution >= 0.6 is 11.6 Å². The molecule has 2 rings (SSSR count). The molecule has 3 N–H and O–H groups in total. The summed E-state index contributed by atoms with van der Waals surface area (Å²) in [4.78, 5) is 11.3. The molecule has 6 nitrogen and oxygen atoms in total. The lowest BCUT2D eigenvalue weighted by molar-refractivity contribution is 0.474. The maximum atomic E-state index is 11.3. The van der Waals surface area contributed by atoms with E-state index in [1.807, 2.05) is 13.0 Å². The number of aryl methyl sites for hydroxylation is 1.